The minimum atomic E-state index is -1.06. The summed E-state index contributed by atoms with van der Waals surface area (Å²) in [5.74, 6) is -0.553. The van der Waals surface area contributed by atoms with E-state index >= 15 is 0 Å². The van der Waals surface area contributed by atoms with Gasteiger partial charge in [-0.15, -0.1) is 0 Å². The van der Waals surface area contributed by atoms with Gasteiger partial charge in [0.15, 0.2) is 0 Å². The van der Waals surface area contributed by atoms with Crippen LogP contribution in [0.25, 0.3) is 0 Å². The van der Waals surface area contributed by atoms with Crippen molar-refractivity contribution < 1.29 is 19.1 Å². The molecule has 0 bridgehead atoms. The van der Waals surface area contributed by atoms with Crippen molar-refractivity contribution in [2.24, 2.45) is 0 Å². The lowest BCUT2D eigenvalue weighted by molar-refractivity contribution is -0.141. The Kier molecular flexibility index (Phi) is 1.35. The molecule has 1 unspecified atom stereocenters. The highest BCUT2D eigenvalue weighted by Gasteiger charge is 2.31. The van der Waals surface area contributed by atoms with Gasteiger partial charge in [-0.25, -0.2) is 4.79 Å². The molecule has 1 rings (SSSR count). The van der Waals surface area contributed by atoms with Crippen LogP contribution in [0.1, 0.15) is 0 Å². The molecule has 1 atom stereocenters. The van der Waals surface area contributed by atoms with Crippen LogP contribution in [0.3, 0.4) is 0 Å². The molecule has 1 fully saturated rings. The highest BCUT2D eigenvalue weighted by atomic mass is 16.7. The summed E-state index contributed by atoms with van der Waals surface area (Å²) in [4.78, 5) is 20.6. The first-order chi connectivity index (χ1) is 4.24. The van der Waals surface area contributed by atoms with E-state index in [0.29, 0.717) is 0 Å². The zero-order valence-electron chi connectivity index (χ0n) is 4.71. The summed E-state index contributed by atoms with van der Waals surface area (Å²) in [6.07, 6.45) is -1.82. The van der Waals surface area contributed by atoms with E-state index in [1.165, 1.54) is 7.11 Å². The van der Waals surface area contributed by atoms with Crippen LogP contribution in [-0.4, -0.2) is 25.4 Å². The van der Waals surface area contributed by atoms with Crippen LogP contribution in [0.15, 0.2) is 0 Å². The molecule has 0 aliphatic carbocycles. The number of hydrogen-bond acceptors (Lipinski definition) is 4. The number of amides is 2. The Morgan fingerprint density at radius 1 is 1.67 bits per heavy atom. The molecular formula is C4H5NO4. The highest BCUT2D eigenvalue weighted by Crippen LogP contribution is 2.00. The molecule has 0 aromatic carbocycles. The monoisotopic (exact) mass is 131 g/mol. The van der Waals surface area contributed by atoms with E-state index in [-0.39, 0.29) is 0 Å². The van der Waals surface area contributed by atoms with Gasteiger partial charge >= 0.3 is 6.09 Å². The third kappa shape index (κ3) is 0.996. The van der Waals surface area contributed by atoms with Crippen LogP contribution in [-0.2, 0) is 14.3 Å². The molecule has 5 heteroatoms. The van der Waals surface area contributed by atoms with Gasteiger partial charge in [0, 0.05) is 7.11 Å². The van der Waals surface area contributed by atoms with E-state index in [4.69, 9.17) is 0 Å². The molecule has 9 heavy (non-hydrogen) atoms. The fraction of sp³-hybridized carbons (Fsp3) is 0.500. The van der Waals surface area contributed by atoms with Gasteiger partial charge in [0.25, 0.3) is 12.2 Å². The first-order valence-corrected chi connectivity index (χ1v) is 2.28. The maximum Gasteiger partial charge on any atom is 0.416 e. The molecule has 2 amide bonds. The van der Waals surface area contributed by atoms with Crippen LogP contribution >= 0.6 is 0 Å². The quantitative estimate of drug-likeness (QED) is 0.507. The standard InChI is InChI=1S/C4H5NO4/c1-8-3-2(6)5-4(7)9-3/h3H,1H3,(H,5,6,7). The minimum Gasteiger partial charge on any atom is -0.409 e. The predicted octanol–water partition coefficient (Wildman–Crippen LogP) is -0.775. The lowest BCUT2D eigenvalue weighted by atomic mass is 10.6. The molecular weight excluding hydrogens is 126 g/mol. The molecule has 0 radical (unpaired) electrons. The summed E-state index contributed by atoms with van der Waals surface area (Å²) in [5, 5.41) is 1.89. The zero-order valence-corrected chi connectivity index (χ0v) is 4.71. The van der Waals surface area contributed by atoms with Gasteiger partial charge in [-0.1, -0.05) is 0 Å². The largest absolute Gasteiger partial charge is 0.416 e. The van der Waals surface area contributed by atoms with E-state index in [0.717, 1.165) is 0 Å². The third-order valence-electron chi connectivity index (χ3n) is 0.867. The normalized spacial score (nSPS) is 25.7. The summed E-state index contributed by atoms with van der Waals surface area (Å²) < 4.78 is 8.74. The average Bonchev–Trinajstić information content (AvgIpc) is 2.10. The Hall–Kier alpha value is -1.10. The lowest BCUT2D eigenvalue weighted by Gasteiger charge is -1.99. The fourth-order valence-electron chi connectivity index (χ4n) is 0.495. The summed E-state index contributed by atoms with van der Waals surface area (Å²) in [6.45, 7) is 0. The van der Waals surface area contributed by atoms with Crippen molar-refractivity contribution in [2.45, 2.75) is 6.29 Å². The van der Waals surface area contributed by atoms with Crippen molar-refractivity contribution in [3.8, 4) is 0 Å². The van der Waals surface area contributed by atoms with E-state index < -0.39 is 18.3 Å². The van der Waals surface area contributed by atoms with Gasteiger partial charge < -0.3 is 9.47 Å². The van der Waals surface area contributed by atoms with Crippen molar-refractivity contribution in [1.29, 1.82) is 0 Å². The molecule has 50 valence electrons. The number of carbonyl (C=O) groups excluding carboxylic acids is 2. The molecule has 1 heterocycles. The number of rotatable bonds is 1. The van der Waals surface area contributed by atoms with Crippen LogP contribution in [0.5, 0.6) is 0 Å². The first-order valence-electron chi connectivity index (χ1n) is 2.28. The number of alkyl carbamates (subject to hydrolysis) is 1. The molecule has 0 spiro atoms. The van der Waals surface area contributed by atoms with Crippen molar-refractivity contribution >= 4 is 12.0 Å². The van der Waals surface area contributed by atoms with Crippen molar-refractivity contribution in [2.75, 3.05) is 7.11 Å². The van der Waals surface area contributed by atoms with Crippen molar-refractivity contribution in [3.05, 3.63) is 0 Å². The zero-order chi connectivity index (χ0) is 6.85. The van der Waals surface area contributed by atoms with Crippen LogP contribution in [0.4, 0.5) is 4.79 Å². The summed E-state index contributed by atoms with van der Waals surface area (Å²) in [6, 6.07) is 0. The van der Waals surface area contributed by atoms with E-state index in [1.807, 2.05) is 5.32 Å². The molecule has 0 aromatic heterocycles. The molecule has 0 aromatic rings. The molecule has 1 saturated heterocycles. The molecule has 1 aliphatic heterocycles. The maximum atomic E-state index is 10.4. The SMILES string of the molecule is COC1OC(=O)NC1=O. The second-order valence-corrected chi connectivity index (χ2v) is 1.46. The smallest absolute Gasteiger partial charge is 0.409 e. The average molecular weight is 131 g/mol. The number of methoxy groups -OCH3 is 1. The van der Waals surface area contributed by atoms with Gasteiger partial charge in [0.2, 0.25) is 0 Å². The maximum absolute atomic E-state index is 10.4. The molecule has 0 saturated carbocycles. The summed E-state index contributed by atoms with van der Waals surface area (Å²) in [7, 11) is 1.28. The number of hydrogen-bond donors (Lipinski definition) is 1. The van der Waals surface area contributed by atoms with Gasteiger partial charge in [-0.3, -0.25) is 10.1 Å². The predicted molar refractivity (Wildman–Crippen MR) is 25.4 cm³/mol. The number of cyclic esters (lactones) is 1. The second-order valence-electron chi connectivity index (χ2n) is 1.46. The van der Waals surface area contributed by atoms with E-state index in [1.54, 1.807) is 0 Å². The van der Waals surface area contributed by atoms with Crippen LogP contribution < -0.4 is 5.32 Å². The minimum absolute atomic E-state index is 0.553. The number of imide groups is 1. The second kappa shape index (κ2) is 2.02. The number of nitrogens with one attached hydrogen (secondary N) is 1. The summed E-state index contributed by atoms with van der Waals surface area (Å²) in [5.41, 5.74) is 0. The Bertz CT molecular complexity index is 155. The van der Waals surface area contributed by atoms with Crippen molar-refractivity contribution in [1.82, 2.24) is 5.32 Å². The van der Waals surface area contributed by atoms with Crippen LogP contribution in [0.2, 0.25) is 0 Å². The number of carbonyl (C=O) groups is 2. The fourth-order valence-corrected chi connectivity index (χ4v) is 0.495. The Morgan fingerprint density at radius 3 is 2.56 bits per heavy atom. The highest BCUT2D eigenvalue weighted by molar-refractivity contribution is 5.99. The number of ether oxygens (including phenoxy) is 2. The Labute approximate surface area is 50.9 Å². The molecule has 1 N–H and O–H groups in total. The molecule has 5 nitrogen and oxygen atoms in total. The van der Waals surface area contributed by atoms with Crippen LogP contribution in [0, 0.1) is 0 Å². The topological polar surface area (TPSA) is 64.6 Å². The van der Waals surface area contributed by atoms with E-state index in [9.17, 15) is 9.59 Å². The van der Waals surface area contributed by atoms with Crippen molar-refractivity contribution in [3.63, 3.8) is 0 Å². The third-order valence-corrected chi connectivity index (χ3v) is 0.867. The Morgan fingerprint density at radius 2 is 2.33 bits per heavy atom. The van der Waals surface area contributed by atoms with Gasteiger partial charge in [-0.2, -0.15) is 0 Å². The van der Waals surface area contributed by atoms with Gasteiger partial charge in [0.1, 0.15) is 0 Å². The Balaban J connectivity index is 2.58. The van der Waals surface area contributed by atoms with E-state index in [2.05, 4.69) is 9.47 Å². The first kappa shape index (κ1) is 6.03. The summed E-state index contributed by atoms with van der Waals surface area (Å²) >= 11 is 0. The van der Waals surface area contributed by atoms with Gasteiger partial charge in [-0.05, 0) is 0 Å². The van der Waals surface area contributed by atoms with Gasteiger partial charge in [0.05, 0.1) is 0 Å². The molecule has 1 aliphatic rings. The lowest BCUT2D eigenvalue weighted by Crippen LogP contribution is -2.25.